The van der Waals surface area contributed by atoms with Crippen LogP contribution in [0.4, 0.5) is 5.82 Å². The lowest BCUT2D eigenvalue weighted by Crippen LogP contribution is -2.30. The van der Waals surface area contributed by atoms with Crippen molar-refractivity contribution in [3.63, 3.8) is 0 Å². The summed E-state index contributed by atoms with van der Waals surface area (Å²) in [6.45, 7) is 2.76. The first-order chi connectivity index (χ1) is 9.74. The number of anilines is 1. The van der Waals surface area contributed by atoms with E-state index in [2.05, 4.69) is 9.72 Å². The van der Waals surface area contributed by atoms with Crippen molar-refractivity contribution in [3.8, 4) is 0 Å². The molecule has 5 heteroatoms. The summed E-state index contributed by atoms with van der Waals surface area (Å²) in [7, 11) is 1.88. The molecule has 0 unspecified atom stereocenters. The van der Waals surface area contributed by atoms with Crippen LogP contribution in [0.3, 0.4) is 0 Å². The highest BCUT2D eigenvalue weighted by Gasteiger charge is 2.30. The van der Waals surface area contributed by atoms with E-state index in [1.807, 2.05) is 43.4 Å². The number of amides is 1. The summed E-state index contributed by atoms with van der Waals surface area (Å²) in [6.07, 6.45) is 6.66. The Morgan fingerprint density at radius 3 is 3.15 bits per heavy atom. The SMILES string of the molecule is CCC(=O)N1CCC[C@H]1c1cn2cccc2c(NC)n1. The third-order valence-electron chi connectivity index (χ3n) is 3.99. The number of carbonyl (C=O) groups excluding carboxylic acids is 1. The van der Waals surface area contributed by atoms with E-state index < -0.39 is 0 Å². The molecule has 1 N–H and O–H groups in total. The molecule has 106 valence electrons. The number of fused-ring (bicyclic) bond motifs is 1. The Bertz CT molecular complexity index is 634. The fourth-order valence-electron chi connectivity index (χ4n) is 2.99. The molecule has 1 atom stereocenters. The standard InChI is InChI=1S/C15H20N4O/c1-3-14(20)19-9-5-6-12(19)11-10-18-8-4-7-13(18)15(16-2)17-11/h4,7-8,10,12H,3,5-6,9H2,1-2H3,(H,16,17)/t12-/m0/s1. The number of hydrogen-bond acceptors (Lipinski definition) is 3. The van der Waals surface area contributed by atoms with Gasteiger partial charge in [-0.15, -0.1) is 0 Å². The van der Waals surface area contributed by atoms with Crippen LogP contribution in [0.1, 0.15) is 37.9 Å². The van der Waals surface area contributed by atoms with Crippen LogP contribution in [-0.4, -0.2) is 33.8 Å². The van der Waals surface area contributed by atoms with Crippen LogP contribution in [0.2, 0.25) is 0 Å². The fourth-order valence-corrected chi connectivity index (χ4v) is 2.99. The van der Waals surface area contributed by atoms with E-state index in [1.165, 1.54) is 0 Å². The Labute approximate surface area is 118 Å². The molecule has 0 spiro atoms. The molecule has 20 heavy (non-hydrogen) atoms. The van der Waals surface area contributed by atoms with Gasteiger partial charge >= 0.3 is 0 Å². The second-order valence-electron chi connectivity index (χ2n) is 5.16. The van der Waals surface area contributed by atoms with Crippen LogP contribution in [0.15, 0.2) is 24.5 Å². The number of nitrogens with zero attached hydrogens (tertiary/aromatic N) is 3. The Kier molecular flexibility index (Phi) is 3.34. The molecule has 1 saturated heterocycles. The first-order valence-electron chi connectivity index (χ1n) is 7.19. The molecule has 1 amide bonds. The summed E-state index contributed by atoms with van der Waals surface area (Å²) in [5.74, 6) is 1.08. The predicted molar refractivity (Wildman–Crippen MR) is 78.7 cm³/mol. The van der Waals surface area contributed by atoms with Crippen LogP contribution >= 0.6 is 0 Å². The summed E-state index contributed by atoms with van der Waals surface area (Å²) in [4.78, 5) is 18.7. The van der Waals surface area contributed by atoms with Gasteiger partial charge in [-0.3, -0.25) is 4.79 Å². The molecule has 0 aromatic carbocycles. The zero-order chi connectivity index (χ0) is 14.1. The van der Waals surface area contributed by atoms with Gasteiger partial charge in [-0.1, -0.05) is 6.92 Å². The number of likely N-dealkylation sites (tertiary alicyclic amines) is 1. The van der Waals surface area contributed by atoms with E-state index >= 15 is 0 Å². The molecule has 0 bridgehead atoms. The normalized spacial score (nSPS) is 18.7. The second-order valence-corrected chi connectivity index (χ2v) is 5.16. The largest absolute Gasteiger partial charge is 0.371 e. The van der Waals surface area contributed by atoms with Gasteiger partial charge in [-0.2, -0.15) is 0 Å². The average Bonchev–Trinajstić information content (AvgIpc) is 3.13. The van der Waals surface area contributed by atoms with Crippen LogP contribution in [-0.2, 0) is 4.79 Å². The van der Waals surface area contributed by atoms with Gasteiger partial charge in [0.05, 0.1) is 17.3 Å². The molecule has 3 heterocycles. The highest BCUT2D eigenvalue weighted by atomic mass is 16.2. The van der Waals surface area contributed by atoms with Crippen molar-refractivity contribution < 1.29 is 4.79 Å². The Morgan fingerprint density at radius 2 is 2.40 bits per heavy atom. The molecule has 0 aliphatic carbocycles. The number of nitrogens with one attached hydrogen (secondary N) is 1. The molecule has 1 fully saturated rings. The number of aromatic nitrogens is 2. The zero-order valence-electron chi connectivity index (χ0n) is 12.0. The van der Waals surface area contributed by atoms with E-state index in [9.17, 15) is 4.79 Å². The maximum absolute atomic E-state index is 12.0. The van der Waals surface area contributed by atoms with Gasteiger partial charge in [0.1, 0.15) is 5.82 Å². The molecule has 2 aromatic rings. The van der Waals surface area contributed by atoms with E-state index in [0.29, 0.717) is 6.42 Å². The van der Waals surface area contributed by atoms with Crippen molar-refractivity contribution in [2.45, 2.75) is 32.2 Å². The van der Waals surface area contributed by atoms with Gasteiger partial charge in [-0.25, -0.2) is 4.98 Å². The van der Waals surface area contributed by atoms with E-state index in [4.69, 9.17) is 4.98 Å². The summed E-state index contributed by atoms with van der Waals surface area (Å²) in [5.41, 5.74) is 2.03. The van der Waals surface area contributed by atoms with Crippen molar-refractivity contribution in [2.24, 2.45) is 0 Å². The van der Waals surface area contributed by atoms with Crippen LogP contribution < -0.4 is 5.32 Å². The van der Waals surface area contributed by atoms with Gasteiger partial charge in [0.2, 0.25) is 5.91 Å². The lowest BCUT2D eigenvalue weighted by atomic mass is 10.1. The van der Waals surface area contributed by atoms with E-state index in [1.54, 1.807) is 0 Å². The molecule has 5 nitrogen and oxygen atoms in total. The molecular formula is C15H20N4O. The zero-order valence-corrected chi connectivity index (χ0v) is 12.0. The average molecular weight is 272 g/mol. The molecule has 1 aliphatic heterocycles. The third kappa shape index (κ3) is 2.03. The van der Waals surface area contributed by atoms with E-state index in [0.717, 1.165) is 36.4 Å². The monoisotopic (exact) mass is 272 g/mol. The molecule has 3 rings (SSSR count). The van der Waals surface area contributed by atoms with E-state index in [-0.39, 0.29) is 11.9 Å². The summed E-state index contributed by atoms with van der Waals surface area (Å²) in [5, 5.41) is 3.14. The van der Waals surface area contributed by atoms with Gasteiger partial charge in [0.25, 0.3) is 0 Å². The number of carbonyl (C=O) groups is 1. The van der Waals surface area contributed by atoms with Crippen molar-refractivity contribution in [1.82, 2.24) is 14.3 Å². The minimum Gasteiger partial charge on any atom is -0.371 e. The van der Waals surface area contributed by atoms with Gasteiger partial charge in [-0.05, 0) is 25.0 Å². The predicted octanol–water partition coefficient (Wildman–Crippen LogP) is 2.45. The van der Waals surface area contributed by atoms with Crippen molar-refractivity contribution in [2.75, 3.05) is 18.9 Å². The lowest BCUT2D eigenvalue weighted by molar-refractivity contribution is -0.131. The lowest BCUT2D eigenvalue weighted by Gasteiger charge is -2.24. The minimum absolute atomic E-state index is 0.112. The molecule has 0 radical (unpaired) electrons. The first-order valence-corrected chi connectivity index (χ1v) is 7.19. The molecule has 0 saturated carbocycles. The van der Waals surface area contributed by atoms with Crippen LogP contribution in [0.25, 0.3) is 5.52 Å². The third-order valence-corrected chi connectivity index (χ3v) is 3.99. The second kappa shape index (κ2) is 5.15. The van der Waals surface area contributed by atoms with Crippen molar-refractivity contribution in [1.29, 1.82) is 0 Å². The van der Waals surface area contributed by atoms with Gasteiger partial charge < -0.3 is 14.6 Å². The Morgan fingerprint density at radius 1 is 1.55 bits per heavy atom. The maximum Gasteiger partial charge on any atom is 0.222 e. The number of rotatable bonds is 3. The molecule has 2 aromatic heterocycles. The summed E-state index contributed by atoms with van der Waals surface area (Å²) >= 11 is 0. The van der Waals surface area contributed by atoms with Crippen molar-refractivity contribution >= 4 is 17.2 Å². The quantitative estimate of drug-likeness (QED) is 0.933. The fraction of sp³-hybridized carbons (Fsp3) is 0.467. The minimum atomic E-state index is 0.112. The Hall–Kier alpha value is -2.04. The first kappa shape index (κ1) is 13.0. The van der Waals surface area contributed by atoms with Gasteiger partial charge in [0.15, 0.2) is 0 Å². The highest BCUT2D eigenvalue weighted by Crippen LogP contribution is 2.32. The topological polar surface area (TPSA) is 49.6 Å². The van der Waals surface area contributed by atoms with Crippen LogP contribution in [0, 0.1) is 0 Å². The highest BCUT2D eigenvalue weighted by molar-refractivity contribution is 5.76. The van der Waals surface area contributed by atoms with Crippen LogP contribution in [0.5, 0.6) is 0 Å². The van der Waals surface area contributed by atoms with Gasteiger partial charge in [0, 0.05) is 32.4 Å². The smallest absolute Gasteiger partial charge is 0.222 e. The summed E-state index contributed by atoms with van der Waals surface area (Å²) < 4.78 is 2.07. The Balaban J connectivity index is 2.02. The molecular weight excluding hydrogens is 252 g/mol. The number of hydrogen-bond donors (Lipinski definition) is 1. The molecule has 1 aliphatic rings. The maximum atomic E-state index is 12.0. The van der Waals surface area contributed by atoms with Crippen molar-refractivity contribution in [3.05, 3.63) is 30.2 Å². The summed E-state index contributed by atoms with van der Waals surface area (Å²) in [6, 6.07) is 4.15.